The van der Waals surface area contributed by atoms with E-state index in [1.54, 1.807) is 23.5 Å². The summed E-state index contributed by atoms with van der Waals surface area (Å²) >= 11 is 9.27. The van der Waals surface area contributed by atoms with Crippen LogP contribution in [0.5, 0.6) is 0 Å². The van der Waals surface area contributed by atoms with Gasteiger partial charge in [0.05, 0.1) is 27.2 Å². The lowest BCUT2D eigenvalue weighted by Gasteiger charge is -2.21. The summed E-state index contributed by atoms with van der Waals surface area (Å²) in [5.74, 6) is 0. The monoisotopic (exact) mass is 466 g/mol. The van der Waals surface area contributed by atoms with Gasteiger partial charge in [-0.25, -0.2) is 9.99 Å². The molecule has 2 aromatic carbocycles. The number of halogens is 1. The number of aromatic nitrogens is 1. The van der Waals surface area contributed by atoms with E-state index in [1.165, 1.54) is 23.5 Å². The minimum atomic E-state index is -0.405. The highest BCUT2D eigenvalue weighted by Crippen LogP contribution is 2.40. The van der Waals surface area contributed by atoms with Crippen LogP contribution in [0.15, 0.2) is 76.5 Å². The quantitative estimate of drug-likeness (QED) is 0.240. The number of nitro groups is 1. The van der Waals surface area contributed by atoms with Gasteiger partial charge in [-0.2, -0.15) is 5.10 Å². The van der Waals surface area contributed by atoms with E-state index in [4.69, 9.17) is 21.7 Å². The maximum absolute atomic E-state index is 10.9. The largest absolute Gasteiger partial charge is 0.269 e. The molecular formula is C22H15ClN4O2S2. The molecule has 9 heteroatoms. The molecule has 0 N–H and O–H groups in total. The summed E-state index contributed by atoms with van der Waals surface area (Å²) in [6, 6.07) is 18.4. The number of hydrogen-bond donors (Lipinski definition) is 0. The Morgan fingerprint density at radius 1 is 1.06 bits per heavy atom. The first-order valence-electron chi connectivity index (χ1n) is 9.45. The van der Waals surface area contributed by atoms with E-state index in [2.05, 4.69) is 6.07 Å². The number of anilines is 1. The Bertz CT molecular complexity index is 1250. The smallest absolute Gasteiger partial charge is 0.258 e. The molecule has 0 saturated heterocycles. The zero-order chi connectivity index (χ0) is 21.4. The molecule has 0 amide bonds. The molecule has 0 bridgehead atoms. The molecule has 0 radical (unpaired) electrons. The van der Waals surface area contributed by atoms with E-state index in [0.29, 0.717) is 5.02 Å². The van der Waals surface area contributed by atoms with Crippen molar-refractivity contribution in [2.24, 2.45) is 5.10 Å². The molecule has 1 atom stereocenters. The molecule has 0 fully saturated rings. The standard InChI is InChI=1S/C22H15ClN4O2S2/c23-16-7-3-15(4-8-16)20-12-18(21-2-1-11-30-21)25-26(20)22-24-19(13-31-22)14-5-9-17(10-6-14)27(28)29/h1-11,13,20H,12H2/t20-/m1/s1. The fraction of sp³-hybridized carbons (Fsp3) is 0.0909. The average molecular weight is 467 g/mol. The molecule has 0 aliphatic carbocycles. The third kappa shape index (κ3) is 3.97. The molecule has 6 nitrogen and oxygen atoms in total. The van der Waals surface area contributed by atoms with Crippen LogP contribution in [0.4, 0.5) is 10.8 Å². The maximum atomic E-state index is 10.9. The van der Waals surface area contributed by atoms with E-state index in [0.717, 1.165) is 39.0 Å². The lowest BCUT2D eigenvalue weighted by Crippen LogP contribution is -2.18. The summed E-state index contributed by atoms with van der Waals surface area (Å²) in [4.78, 5) is 16.4. The van der Waals surface area contributed by atoms with Crippen LogP contribution in [-0.2, 0) is 0 Å². The zero-order valence-corrected chi connectivity index (χ0v) is 18.4. The van der Waals surface area contributed by atoms with Gasteiger partial charge >= 0.3 is 0 Å². The third-order valence-electron chi connectivity index (χ3n) is 5.03. The molecule has 0 saturated carbocycles. The Hall–Kier alpha value is -3.07. The van der Waals surface area contributed by atoms with Gasteiger partial charge in [0, 0.05) is 34.5 Å². The summed E-state index contributed by atoms with van der Waals surface area (Å²) in [6.45, 7) is 0. The Morgan fingerprint density at radius 2 is 1.84 bits per heavy atom. The van der Waals surface area contributed by atoms with Gasteiger partial charge < -0.3 is 0 Å². The number of rotatable bonds is 5. The van der Waals surface area contributed by atoms with Crippen LogP contribution < -0.4 is 5.01 Å². The van der Waals surface area contributed by atoms with Crippen LogP contribution in [0.25, 0.3) is 11.3 Å². The van der Waals surface area contributed by atoms with E-state index in [-0.39, 0.29) is 11.7 Å². The molecule has 154 valence electrons. The molecule has 0 unspecified atom stereocenters. The predicted octanol–water partition coefficient (Wildman–Crippen LogP) is 6.79. The van der Waals surface area contributed by atoms with Crippen molar-refractivity contribution in [1.29, 1.82) is 0 Å². The predicted molar refractivity (Wildman–Crippen MR) is 126 cm³/mol. The minimum absolute atomic E-state index is 0.0187. The molecule has 3 heterocycles. The minimum Gasteiger partial charge on any atom is -0.258 e. The number of nitro benzene ring substituents is 1. The van der Waals surface area contributed by atoms with Crippen LogP contribution in [0.2, 0.25) is 5.02 Å². The number of thiazole rings is 1. The molecule has 2 aromatic heterocycles. The highest BCUT2D eigenvalue weighted by Gasteiger charge is 2.32. The first-order valence-corrected chi connectivity index (χ1v) is 11.6. The second-order valence-corrected chi connectivity index (χ2v) is 9.18. The summed E-state index contributed by atoms with van der Waals surface area (Å²) in [5.41, 5.74) is 3.81. The van der Waals surface area contributed by atoms with Crippen molar-refractivity contribution in [1.82, 2.24) is 4.98 Å². The normalized spacial score (nSPS) is 15.8. The SMILES string of the molecule is O=[N+]([O-])c1ccc(-c2csc(N3N=C(c4cccs4)C[C@@H]3c3ccc(Cl)cc3)n2)cc1. The van der Waals surface area contributed by atoms with Crippen molar-refractivity contribution < 1.29 is 4.92 Å². The summed E-state index contributed by atoms with van der Waals surface area (Å²) in [7, 11) is 0. The zero-order valence-electron chi connectivity index (χ0n) is 16.0. The van der Waals surface area contributed by atoms with Gasteiger partial charge in [0.1, 0.15) is 0 Å². The van der Waals surface area contributed by atoms with Crippen LogP contribution in [0.1, 0.15) is 22.9 Å². The second kappa shape index (κ2) is 8.22. The van der Waals surface area contributed by atoms with Crippen molar-refractivity contribution in [3.63, 3.8) is 0 Å². The Balaban J connectivity index is 1.49. The van der Waals surface area contributed by atoms with E-state index in [1.807, 2.05) is 46.1 Å². The highest BCUT2D eigenvalue weighted by molar-refractivity contribution is 7.14. The van der Waals surface area contributed by atoms with Crippen molar-refractivity contribution >= 4 is 50.8 Å². The summed E-state index contributed by atoms with van der Waals surface area (Å²) < 4.78 is 0. The number of benzene rings is 2. The lowest BCUT2D eigenvalue weighted by molar-refractivity contribution is -0.384. The second-order valence-electron chi connectivity index (χ2n) is 6.96. The highest BCUT2D eigenvalue weighted by atomic mass is 35.5. The van der Waals surface area contributed by atoms with Crippen LogP contribution in [0.3, 0.4) is 0 Å². The van der Waals surface area contributed by atoms with E-state index < -0.39 is 4.92 Å². The topological polar surface area (TPSA) is 71.6 Å². The molecular weight excluding hydrogens is 452 g/mol. The summed E-state index contributed by atoms with van der Waals surface area (Å²) in [5, 5.41) is 23.3. The molecule has 1 aliphatic rings. The van der Waals surface area contributed by atoms with Crippen molar-refractivity contribution in [2.75, 3.05) is 5.01 Å². The van der Waals surface area contributed by atoms with E-state index in [9.17, 15) is 10.1 Å². The van der Waals surface area contributed by atoms with Crippen molar-refractivity contribution in [3.8, 4) is 11.3 Å². The van der Waals surface area contributed by atoms with Crippen molar-refractivity contribution in [2.45, 2.75) is 12.5 Å². The number of non-ortho nitro benzene ring substituents is 1. The van der Waals surface area contributed by atoms with E-state index >= 15 is 0 Å². The van der Waals surface area contributed by atoms with Crippen LogP contribution in [0, 0.1) is 10.1 Å². The van der Waals surface area contributed by atoms with Gasteiger partial charge in [-0.1, -0.05) is 29.8 Å². The van der Waals surface area contributed by atoms with Gasteiger partial charge in [0.2, 0.25) is 5.13 Å². The first kappa shape index (κ1) is 19.9. The molecule has 31 heavy (non-hydrogen) atoms. The lowest BCUT2D eigenvalue weighted by atomic mass is 10.0. The third-order valence-corrected chi connectivity index (χ3v) is 7.03. The number of nitrogens with zero attached hydrogens (tertiary/aromatic N) is 4. The Labute approximate surface area is 191 Å². The van der Waals surface area contributed by atoms with Gasteiger partial charge in [0.25, 0.3) is 5.69 Å². The van der Waals surface area contributed by atoms with Crippen LogP contribution in [-0.4, -0.2) is 15.6 Å². The molecule has 0 spiro atoms. The van der Waals surface area contributed by atoms with Gasteiger partial charge in [-0.3, -0.25) is 10.1 Å². The fourth-order valence-electron chi connectivity index (χ4n) is 3.48. The number of thiophene rings is 1. The Kier molecular flexibility index (Phi) is 5.27. The molecule has 5 rings (SSSR count). The van der Waals surface area contributed by atoms with Crippen LogP contribution >= 0.6 is 34.3 Å². The van der Waals surface area contributed by atoms with Gasteiger partial charge in [0.15, 0.2) is 0 Å². The average Bonchev–Trinajstić information content (AvgIpc) is 3.54. The summed E-state index contributed by atoms with van der Waals surface area (Å²) in [6.07, 6.45) is 0.772. The molecule has 1 aliphatic heterocycles. The fourth-order valence-corrected chi connectivity index (χ4v) is 5.16. The number of hydrazone groups is 1. The number of hydrogen-bond acceptors (Lipinski definition) is 7. The van der Waals surface area contributed by atoms with Gasteiger partial charge in [-0.15, -0.1) is 22.7 Å². The Morgan fingerprint density at radius 3 is 2.52 bits per heavy atom. The van der Waals surface area contributed by atoms with Gasteiger partial charge in [-0.05, 0) is 41.3 Å². The first-order chi connectivity index (χ1) is 15.1. The maximum Gasteiger partial charge on any atom is 0.269 e. The van der Waals surface area contributed by atoms with Crippen molar-refractivity contribution in [3.05, 3.63) is 97.0 Å². The molecule has 4 aromatic rings.